The first-order valence-electron chi connectivity index (χ1n) is 9.90. The maximum absolute atomic E-state index is 12.2. The summed E-state index contributed by atoms with van der Waals surface area (Å²) < 4.78 is 1.90. The lowest BCUT2D eigenvalue weighted by Gasteiger charge is -2.40. The molecule has 2 amide bonds. The molecule has 0 aliphatic carbocycles. The van der Waals surface area contributed by atoms with Crippen LogP contribution >= 0.6 is 0 Å². The topological polar surface area (TPSA) is 79.3 Å². The highest BCUT2D eigenvalue weighted by Crippen LogP contribution is 2.38. The van der Waals surface area contributed by atoms with E-state index < -0.39 is 0 Å². The van der Waals surface area contributed by atoms with Gasteiger partial charge in [-0.2, -0.15) is 0 Å². The van der Waals surface area contributed by atoms with Gasteiger partial charge in [-0.1, -0.05) is 0 Å². The Morgan fingerprint density at radius 1 is 1.15 bits per heavy atom. The van der Waals surface area contributed by atoms with Crippen LogP contribution in [-0.4, -0.2) is 47.5 Å². The average molecular weight is 367 g/mol. The number of rotatable bonds is 2. The first-order valence-corrected chi connectivity index (χ1v) is 9.90. The Balaban J connectivity index is 1.36. The highest BCUT2D eigenvalue weighted by atomic mass is 16.2. The molecule has 4 heterocycles. The number of anilines is 1. The van der Waals surface area contributed by atoms with Crippen molar-refractivity contribution in [2.24, 2.45) is 5.41 Å². The van der Waals surface area contributed by atoms with E-state index in [2.05, 4.69) is 38.7 Å². The number of nitrogens with zero attached hydrogens (tertiary/aromatic N) is 3. The molecule has 3 aliphatic rings. The van der Waals surface area contributed by atoms with Crippen LogP contribution in [0, 0.1) is 5.41 Å². The predicted molar refractivity (Wildman–Crippen MR) is 103 cm³/mol. The number of piperidine rings is 2. The van der Waals surface area contributed by atoms with Gasteiger partial charge in [0.05, 0.1) is 17.4 Å². The summed E-state index contributed by atoms with van der Waals surface area (Å²) in [5, 5.41) is 5.95. The van der Waals surface area contributed by atoms with Crippen molar-refractivity contribution >= 4 is 28.5 Å². The fraction of sp³-hybridized carbons (Fsp3) is 0.550. The van der Waals surface area contributed by atoms with Crippen LogP contribution in [-0.2, 0) is 9.59 Å². The Labute approximate surface area is 158 Å². The molecule has 0 bridgehead atoms. The third-order valence-electron chi connectivity index (χ3n) is 6.63. The Hall–Kier alpha value is -2.41. The predicted octanol–water partition coefficient (Wildman–Crippen LogP) is 1.59. The third-order valence-corrected chi connectivity index (χ3v) is 6.63. The van der Waals surface area contributed by atoms with Gasteiger partial charge >= 0.3 is 0 Å². The van der Waals surface area contributed by atoms with Crippen molar-refractivity contribution in [3.63, 3.8) is 0 Å². The second-order valence-corrected chi connectivity index (χ2v) is 8.21. The Morgan fingerprint density at radius 3 is 2.74 bits per heavy atom. The summed E-state index contributed by atoms with van der Waals surface area (Å²) in [6.45, 7) is 4.49. The Bertz CT molecular complexity index is 889. The lowest BCUT2D eigenvalue weighted by molar-refractivity contribution is -0.135. The van der Waals surface area contributed by atoms with Crippen molar-refractivity contribution in [2.75, 3.05) is 31.1 Å². The summed E-state index contributed by atoms with van der Waals surface area (Å²) in [6, 6.07) is 5.96. The van der Waals surface area contributed by atoms with Gasteiger partial charge in [0.2, 0.25) is 11.8 Å². The van der Waals surface area contributed by atoms with Gasteiger partial charge in [0.15, 0.2) is 0 Å². The van der Waals surface area contributed by atoms with Gasteiger partial charge < -0.3 is 14.8 Å². The van der Waals surface area contributed by atoms with E-state index in [1.54, 1.807) is 6.33 Å². The maximum Gasteiger partial charge on any atom is 0.249 e. The van der Waals surface area contributed by atoms with Crippen molar-refractivity contribution in [2.45, 2.75) is 38.1 Å². The fourth-order valence-electron chi connectivity index (χ4n) is 4.87. The third kappa shape index (κ3) is 2.90. The van der Waals surface area contributed by atoms with Crippen LogP contribution < -0.4 is 15.5 Å². The van der Waals surface area contributed by atoms with Crippen LogP contribution in [0.3, 0.4) is 0 Å². The SMILES string of the molecule is O=C1CCC(n2cnc3cc(N4CCC5(CCNC5)CC4)ccc32)C(=O)N1. The molecule has 27 heavy (non-hydrogen) atoms. The lowest BCUT2D eigenvalue weighted by Crippen LogP contribution is -2.41. The molecular formula is C20H25N5O2. The Morgan fingerprint density at radius 2 is 2.00 bits per heavy atom. The van der Waals surface area contributed by atoms with E-state index in [1.807, 2.05) is 4.57 Å². The molecule has 1 aromatic carbocycles. The second-order valence-electron chi connectivity index (χ2n) is 8.21. The number of fused-ring (bicyclic) bond motifs is 1. The summed E-state index contributed by atoms with van der Waals surface area (Å²) in [7, 11) is 0. The number of nitrogens with one attached hydrogen (secondary N) is 2. The molecular weight excluding hydrogens is 342 g/mol. The number of carbonyl (C=O) groups excluding carboxylic acids is 2. The number of amides is 2. The second kappa shape index (κ2) is 6.34. The summed E-state index contributed by atoms with van der Waals surface area (Å²) in [4.78, 5) is 30.6. The van der Waals surface area contributed by atoms with Crippen LogP contribution in [0.1, 0.15) is 38.1 Å². The number of carbonyl (C=O) groups is 2. The van der Waals surface area contributed by atoms with E-state index in [0.29, 0.717) is 18.3 Å². The molecule has 3 saturated heterocycles. The van der Waals surface area contributed by atoms with E-state index in [1.165, 1.54) is 24.9 Å². The minimum atomic E-state index is -0.358. The molecule has 142 valence electrons. The minimum absolute atomic E-state index is 0.191. The maximum atomic E-state index is 12.2. The molecule has 1 spiro atoms. The van der Waals surface area contributed by atoms with Crippen molar-refractivity contribution in [3.05, 3.63) is 24.5 Å². The highest BCUT2D eigenvalue weighted by Gasteiger charge is 2.37. The first kappa shape index (κ1) is 16.7. The molecule has 2 aromatic rings. The van der Waals surface area contributed by atoms with Crippen molar-refractivity contribution in [3.8, 4) is 0 Å². The number of hydrogen-bond acceptors (Lipinski definition) is 5. The summed E-state index contributed by atoms with van der Waals surface area (Å²) in [5.41, 5.74) is 3.56. The molecule has 5 rings (SSSR count). The first-order chi connectivity index (χ1) is 13.1. The summed E-state index contributed by atoms with van der Waals surface area (Å²) in [6.07, 6.45) is 6.41. The molecule has 7 heteroatoms. The van der Waals surface area contributed by atoms with E-state index in [0.717, 1.165) is 37.2 Å². The molecule has 7 nitrogen and oxygen atoms in total. The van der Waals surface area contributed by atoms with Crippen LogP contribution in [0.5, 0.6) is 0 Å². The van der Waals surface area contributed by atoms with Crippen LogP contribution in [0.25, 0.3) is 11.0 Å². The monoisotopic (exact) mass is 367 g/mol. The van der Waals surface area contributed by atoms with Crippen molar-refractivity contribution in [1.82, 2.24) is 20.2 Å². The van der Waals surface area contributed by atoms with Gasteiger partial charge in [-0.25, -0.2) is 4.98 Å². The zero-order valence-electron chi connectivity index (χ0n) is 15.4. The number of benzene rings is 1. The lowest BCUT2D eigenvalue weighted by atomic mass is 9.78. The van der Waals surface area contributed by atoms with Gasteiger partial charge in [0.1, 0.15) is 6.04 Å². The number of hydrogen-bond donors (Lipinski definition) is 2. The molecule has 3 aliphatic heterocycles. The molecule has 1 unspecified atom stereocenters. The summed E-state index contributed by atoms with van der Waals surface area (Å²) >= 11 is 0. The van der Waals surface area contributed by atoms with Crippen LogP contribution in [0.4, 0.5) is 5.69 Å². The number of imidazole rings is 1. The van der Waals surface area contributed by atoms with E-state index in [9.17, 15) is 9.59 Å². The van der Waals surface area contributed by atoms with Gasteiger partial charge in [0.25, 0.3) is 0 Å². The molecule has 1 atom stereocenters. The minimum Gasteiger partial charge on any atom is -0.371 e. The van der Waals surface area contributed by atoms with Gasteiger partial charge in [0, 0.05) is 31.7 Å². The normalized spacial score (nSPS) is 25.3. The molecule has 2 N–H and O–H groups in total. The van der Waals surface area contributed by atoms with Gasteiger partial charge in [-0.15, -0.1) is 0 Å². The Kier molecular flexibility index (Phi) is 3.93. The van der Waals surface area contributed by atoms with Gasteiger partial charge in [-0.05, 0) is 55.8 Å². The highest BCUT2D eigenvalue weighted by molar-refractivity contribution is 6.00. The van der Waals surface area contributed by atoms with E-state index >= 15 is 0 Å². The zero-order valence-corrected chi connectivity index (χ0v) is 15.4. The summed E-state index contributed by atoms with van der Waals surface area (Å²) in [5.74, 6) is -0.426. The zero-order chi connectivity index (χ0) is 18.4. The molecule has 3 fully saturated rings. The van der Waals surface area contributed by atoms with E-state index in [4.69, 9.17) is 0 Å². The smallest absolute Gasteiger partial charge is 0.249 e. The largest absolute Gasteiger partial charge is 0.371 e. The molecule has 0 radical (unpaired) electrons. The number of aromatic nitrogens is 2. The molecule has 0 saturated carbocycles. The fourth-order valence-corrected chi connectivity index (χ4v) is 4.87. The quantitative estimate of drug-likeness (QED) is 0.788. The molecule has 1 aromatic heterocycles. The standard InChI is InChI=1S/C20H25N5O2/c26-18-4-3-17(19(27)23-18)25-13-22-15-11-14(1-2-16(15)25)24-9-6-20(7-10-24)5-8-21-12-20/h1-2,11,13,17,21H,3-10,12H2,(H,23,26,27). The van der Waals surface area contributed by atoms with Crippen molar-refractivity contribution in [1.29, 1.82) is 0 Å². The number of imide groups is 1. The van der Waals surface area contributed by atoms with Crippen LogP contribution in [0.15, 0.2) is 24.5 Å². The average Bonchev–Trinajstić information content (AvgIpc) is 3.29. The van der Waals surface area contributed by atoms with Gasteiger partial charge in [-0.3, -0.25) is 14.9 Å². The van der Waals surface area contributed by atoms with Crippen molar-refractivity contribution < 1.29 is 9.59 Å². The van der Waals surface area contributed by atoms with E-state index in [-0.39, 0.29) is 17.9 Å². The van der Waals surface area contributed by atoms with Crippen LogP contribution in [0.2, 0.25) is 0 Å².